The van der Waals surface area contributed by atoms with Crippen LogP contribution in [0.25, 0.3) is 0 Å². The minimum absolute atomic E-state index is 0.481. The summed E-state index contributed by atoms with van der Waals surface area (Å²) in [6.45, 7) is 2.18. The number of aromatic nitrogens is 1. The van der Waals surface area contributed by atoms with Crippen LogP contribution >= 0.6 is 0 Å². The Morgan fingerprint density at radius 3 is 2.58 bits per heavy atom. The molecule has 2 heteroatoms. The lowest BCUT2D eigenvalue weighted by atomic mass is 9.99. The molecule has 0 spiro atoms. The Kier molecular flexibility index (Phi) is 5.10. The van der Waals surface area contributed by atoms with Crippen molar-refractivity contribution >= 4 is 0 Å². The largest absolute Gasteiger partial charge is 0.317 e. The zero-order valence-corrected chi connectivity index (χ0v) is 11.8. The van der Waals surface area contributed by atoms with Gasteiger partial charge in [-0.25, -0.2) is 0 Å². The maximum absolute atomic E-state index is 4.40. The minimum Gasteiger partial charge on any atom is -0.317 e. The summed E-state index contributed by atoms with van der Waals surface area (Å²) in [7, 11) is 2.03. The molecule has 100 valence electrons. The molecule has 1 aromatic heterocycles. The molecular weight excluding hydrogens is 232 g/mol. The molecule has 1 atom stereocenters. The summed E-state index contributed by atoms with van der Waals surface area (Å²) in [5, 5.41) is 3.40. The van der Waals surface area contributed by atoms with E-state index in [0.717, 1.165) is 25.0 Å². The molecule has 2 nitrogen and oxygen atoms in total. The van der Waals surface area contributed by atoms with Crippen molar-refractivity contribution in [3.63, 3.8) is 0 Å². The van der Waals surface area contributed by atoms with E-state index < -0.39 is 0 Å². The molecule has 0 aliphatic heterocycles. The first-order valence-electron chi connectivity index (χ1n) is 6.91. The molecule has 0 bridgehead atoms. The summed E-state index contributed by atoms with van der Waals surface area (Å²) < 4.78 is 0. The van der Waals surface area contributed by atoms with Crippen LogP contribution in [0.1, 0.15) is 23.2 Å². The van der Waals surface area contributed by atoms with E-state index in [1.807, 2.05) is 19.3 Å². The number of nitrogens with one attached hydrogen (secondary N) is 1. The van der Waals surface area contributed by atoms with Crippen molar-refractivity contribution in [3.8, 4) is 0 Å². The third-order valence-electron chi connectivity index (χ3n) is 3.61. The number of rotatable bonds is 6. The van der Waals surface area contributed by atoms with E-state index in [4.69, 9.17) is 0 Å². The van der Waals surface area contributed by atoms with Gasteiger partial charge in [-0.1, -0.05) is 30.3 Å². The van der Waals surface area contributed by atoms with Crippen molar-refractivity contribution in [1.29, 1.82) is 0 Å². The predicted molar refractivity (Wildman–Crippen MR) is 80.3 cm³/mol. The van der Waals surface area contributed by atoms with Crippen molar-refractivity contribution < 1.29 is 0 Å². The van der Waals surface area contributed by atoms with Gasteiger partial charge in [0.25, 0.3) is 0 Å². The van der Waals surface area contributed by atoms with Gasteiger partial charge < -0.3 is 5.32 Å². The van der Waals surface area contributed by atoms with Gasteiger partial charge in [-0.3, -0.25) is 4.98 Å². The number of likely N-dealkylation sites (N-methyl/N-ethyl adjacent to an activating group) is 1. The van der Waals surface area contributed by atoms with Crippen molar-refractivity contribution in [2.24, 2.45) is 0 Å². The summed E-state index contributed by atoms with van der Waals surface area (Å²) in [4.78, 5) is 4.40. The highest BCUT2D eigenvalue weighted by Crippen LogP contribution is 2.12. The Bertz CT molecular complexity index is 494. The zero-order chi connectivity index (χ0) is 13.5. The first kappa shape index (κ1) is 13.8. The molecule has 0 aliphatic rings. The van der Waals surface area contributed by atoms with Crippen LogP contribution in [0.3, 0.4) is 0 Å². The molecule has 0 fully saturated rings. The van der Waals surface area contributed by atoms with E-state index in [1.54, 1.807) is 0 Å². The smallest absolute Gasteiger partial charge is 0.0419 e. The van der Waals surface area contributed by atoms with Gasteiger partial charge in [0, 0.05) is 24.4 Å². The van der Waals surface area contributed by atoms with E-state index in [0.29, 0.717) is 6.04 Å². The van der Waals surface area contributed by atoms with Crippen LogP contribution in [-0.4, -0.2) is 18.1 Å². The Morgan fingerprint density at radius 1 is 1.11 bits per heavy atom. The summed E-state index contributed by atoms with van der Waals surface area (Å²) in [5.74, 6) is 0. The van der Waals surface area contributed by atoms with Crippen LogP contribution in [0.4, 0.5) is 0 Å². The Hall–Kier alpha value is -1.67. The van der Waals surface area contributed by atoms with Crippen LogP contribution in [0.5, 0.6) is 0 Å². The van der Waals surface area contributed by atoms with Crippen molar-refractivity contribution in [2.45, 2.75) is 32.2 Å². The maximum Gasteiger partial charge on any atom is 0.0419 e. The monoisotopic (exact) mass is 254 g/mol. The van der Waals surface area contributed by atoms with E-state index in [2.05, 4.69) is 53.6 Å². The third-order valence-corrected chi connectivity index (χ3v) is 3.61. The first-order chi connectivity index (χ1) is 9.29. The lowest BCUT2D eigenvalue weighted by Crippen LogP contribution is -2.28. The summed E-state index contributed by atoms with van der Waals surface area (Å²) in [6, 6.07) is 15.2. The van der Waals surface area contributed by atoms with Gasteiger partial charge in [0.1, 0.15) is 0 Å². The second kappa shape index (κ2) is 7.05. The quantitative estimate of drug-likeness (QED) is 0.856. The average molecular weight is 254 g/mol. The second-order valence-electron chi connectivity index (χ2n) is 4.98. The van der Waals surface area contributed by atoms with E-state index in [1.165, 1.54) is 11.1 Å². The molecule has 2 rings (SSSR count). The SMILES string of the molecule is CNC(CCc1ccccc1C)Cc1ccccn1. The molecule has 1 N–H and O–H groups in total. The summed E-state index contributed by atoms with van der Waals surface area (Å²) in [6.07, 6.45) is 5.11. The van der Waals surface area contributed by atoms with Crippen LogP contribution < -0.4 is 5.32 Å². The first-order valence-corrected chi connectivity index (χ1v) is 6.91. The lowest BCUT2D eigenvalue weighted by Gasteiger charge is -2.16. The zero-order valence-electron chi connectivity index (χ0n) is 11.8. The standard InChI is InChI=1S/C17H22N2/c1-14-7-3-4-8-15(14)10-11-16(18-2)13-17-9-5-6-12-19-17/h3-9,12,16,18H,10-11,13H2,1-2H3. The summed E-state index contributed by atoms with van der Waals surface area (Å²) in [5.41, 5.74) is 3.99. The molecule has 0 amide bonds. The molecule has 0 saturated carbocycles. The van der Waals surface area contributed by atoms with E-state index >= 15 is 0 Å². The number of hydrogen-bond acceptors (Lipinski definition) is 2. The fourth-order valence-electron chi connectivity index (χ4n) is 2.34. The molecule has 19 heavy (non-hydrogen) atoms. The Labute approximate surface area is 115 Å². The molecule has 1 heterocycles. The van der Waals surface area contributed by atoms with E-state index in [9.17, 15) is 0 Å². The van der Waals surface area contributed by atoms with Crippen molar-refractivity contribution in [1.82, 2.24) is 10.3 Å². The molecule has 0 aliphatic carbocycles. The van der Waals surface area contributed by atoms with Crippen LogP contribution in [-0.2, 0) is 12.8 Å². The molecule has 0 radical (unpaired) electrons. The van der Waals surface area contributed by atoms with Crippen LogP contribution in [0.15, 0.2) is 48.7 Å². The van der Waals surface area contributed by atoms with Gasteiger partial charge in [0.15, 0.2) is 0 Å². The van der Waals surface area contributed by atoms with Crippen molar-refractivity contribution in [3.05, 3.63) is 65.5 Å². The number of hydrogen-bond donors (Lipinski definition) is 1. The molecular formula is C17H22N2. The predicted octanol–water partition coefficient (Wildman–Crippen LogP) is 3.15. The van der Waals surface area contributed by atoms with Gasteiger partial charge in [-0.05, 0) is 50.1 Å². The van der Waals surface area contributed by atoms with Gasteiger partial charge >= 0.3 is 0 Å². The lowest BCUT2D eigenvalue weighted by molar-refractivity contribution is 0.515. The highest BCUT2D eigenvalue weighted by Gasteiger charge is 2.09. The van der Waals surface area contributed by atoms with Gasteiger partial charge in [0.05, 0.1) is 0 Å². The minimum atomic E-state index is 0.481. The number of aryl methyl sites for hydroxylation is 2. The number of benzene rings is 1. The molecule has 1 unspecified atom stereocenters. The highest BCUT2D eigenvalue weighted by atomic mass is 14.9. The fourth-order valence-corrected chi connectivity index (χ4v) is 2.34. The van der Waals surface area contributed by atoms with Gasteiger partial charge in [-0.2, -0.15) is 0 Å². The van der Waals surface area contributed by atoms with Crippen molar-refractivity contribution in [2.75, 3.05) is 7.05 Å². The maximum atomic E-state index is 4.40. The third kappa shape index (κ3) is 4.18. The van der Waals surface area contributed by atoms with Gasteiger partial charge in [-0.15, -0.1) is 0 Å². The second-order valence-corrected chi connectivity index (χ2v) is 4.98. The fraction of sp³-hybridized carbons (Fsp3) is 0.353. The molecule has 0 saturated heterocycles. The van der Waals surface area contributed by atoms with Gasteiger partial charge in [0.2, 0.25) is 0 Å². The molecule has 1 aromatic carbocycles. The van der Waals surface area contributed by atoms with Crippen LogP contribution in [0.2, 0.25) is 0 Å². The normalized spacial score (nSPS) is 12.3. The Balaban J connectivity index is 1.91. The summed E-state index contributed by atoms with van der Waals surface area (Å²) >= 11 is 0. The highest BCUT2D eigenvalue weighted by molar-refractivity contribution is 5.25. The van der Waals surface area contributed by atoms with E-state index in [-0.39, 0.29) is 0 Å². The number of nitrogens with zero attached hydrogens (tertiary/aromatic N) is 1. The van der Waals surface area contributed by atoms with Crippen LogP contribution in [0, 0.1) is 6.92 Å². The topological polar surface area (TPSA) is 24.9 Å². The average Bonchev–Trinajstić information content (AvgIpc) is 2.46. The molecule has 2 aromatic rings. The Morgan fingerprint density at radius 2 is 1.89 bits per heavy atom. The number of pyridine rings is 1.